The van der Waals surface area contributed by atoms with Crippen molar-refractivity contribution in [2.75, 3.05) is 18.5 Å². The molecule has 2 heterocycles. The lowest BCUT2D eigenvalue weighted by Crippen LogP contribution is -1.97. The molecule has 1 aromatic carbocycles. The van der Waals surface area contributed by atoms with Gasteiger partial charge in [0, 0.05) is 24.4 Å². The van der Waals surface area contributed by atoms with Crippen LogP contribution in [-0.2, 0) is 0 Å². The number of anilines is 2. The number of nitrogens with zero attached hydrogens (tertiary/aromatic N) is 2. The van der Waals surface area contributed by atoms with E-state index in [0.717, 1.165) is 23.6 Å². The van der Waals surface area contributed by atoms with Gasteiger partial charge < -0.3 is 14.8 Å². The lowest BCUT2D eigenvalue weighted by Gasteiger charge is -2.11. The SMILES string of the molecule is N#Cc1ccncc1Nc1ccc2c(c1)OCCCO2. The molecule has 0 radical (unpaired) electrons. The van der Waals surface area contributed by atoms with Crippen molar-refractivity contribution in [1.82, 2.24) is 4.98 Å². The zero-order valence-corrected chi connectivity index (χ0v) is 10.8. The van der Waals surface area contributed by atoms with Crippen LogP contribution in [0.1, 0.15) is 12.0 Å². The Kier molecular flexibility index (Phi) is 3.38. The first-order chi connectivity index (χ1) is 9.86. The third-order valence-corrected chi connectivity index (χ3v) is 2.97. The van der Waals surface area contributed by atoms with E-state index in [2.05, 4.69) is 16.4 Å². The lowest BCUT2D eigenvalue weighted by atomic mass is 10.2. The lowest BCUT2D eigenvalue weighted by molar-refractivity contribution is 0.297. The molecule has 0 saturated carbocycles. The summed E-state index contributed by atoms with van der Waals surface area (Å²) in [4.78, 5) is 4.02. The van der Waals surface area contributed by atoms with Crippen molar-refractivity contribution in [3.63, 3.8) is 0 Å². The maximum Gasteiger partial charge on any atom is 0.163 e. The Morgan fingerprint density at radius 1 is 1.15 bits per heavy atom. The summed E-state index contributed by atoms with van der Waals surface area (Å²) in [5, 5.41) is 12.2. The number of nitrogens with one attached hydrogen (secondary N) is 1. The molecule has 1 aliphatic rings. The van der Waals surface area contributed by atoms with E-state index in [0.29, 0.717) is 24.5 Å². The summed E-state index contributed by atoms with van der Waals surface area (Å²) in [5.41, 5.74) is 2.05. The molecular weight excluding hydrogens is 254 g/mol. The monoisotopic (exact) mass is 267 g/mol. The zero-order chi connectivity index (χ0) is 13.8. The average molecular weight is 267 g/mol. The van der Waals surface area contributed by atoms with Crippen LogP contribution in [0.5, 0.6) is 11.5 Å². The Hall–Kier alpha value is -2.74. The standard InChI is InChI=1S/C15H13N3O2/c16-9-11-4-5-17-10-13(11)18-12-2-3-14-15(8-12)20-7-1-6-19-14/h2-5,8,10,18H,1,6-7H2. The van der Waals surface area contributed by atoms with Crippen LogP contribution in [0.3, 0.4) is 0 Å². The number of hydrogen-bond donors (Lipinski definition) is 1. The highest BCUT2D eigenvalue weighted by Crippen LogP contribution is 2.33. The second-order valence-electron chi connectivity index (χ2n) is 4.37. The van der Waals surface area contributed by atoms with E-state index in [-0.39, 0.29) is 0 Å². The summed E-state index contributed by atoms with van der Waals surface area (Å²) >= 11 is 0. The number of rotatable bonds is 2. The summed E-state index contributed by atoms with van der Waals surface area (Å²) in [6, 6.07) is 9.43. The van der Waals surface area contributed by atoms with Gasteiger partial charge in [0.1, 0.15) is 6.07 Å². The normalized spacial score (nSPS) is 13.2. The molecule has 5 heteroatoms. The van der Waals surface area contributed by atoms with Crippen LogP contribution in [0.2, 0.25) is 0 Å². The van der Waals surface area contributed by atoms with E-state index in [1.54, 1.807) is 18.5 Å². The van der Waals surface area contributed by atoms with Gasteiger partial charge in [-0.2, -0.15) is 5.26 Å². The van der Waals surface area contributed by atoms with Crippen LogP contribution < -0.4 is 14.8 Å². The summed E-state index contributed by atoms with van der Waals surface area (Å²) in [7, 11) is 0. The molecule has 0 saturated heterocycles. The molecule has 0 atom stereocenters. The highest BCUT2D eigenvalue weighted by molar-refractivity contribution is 5.67. The summed E-state index contributed by atoms with van der Waals surface area (Å²) in [6.07, 6.45) is 4.10. The first-order valence-corrected chi connectivity index (χ1v) is 6.37. The molecule has 0 fully saturated rings. The van der Waals surface area contributed by atoms with Crippen LogP contribution in [0.15, 0.2) is 36.7 Å². The van der Waals surface area contributed by atoms with E-state index in [1.165, 1.54) is 0 Å². The summed E-state index contributed by atoms with van der Waals surface area (Å²) in [6.45, 7) is 1.31. The molecule has 1 aromatic heterocycles. The average Bonchev–Trinajstić information content (AvgIpc) is 2.72. The van der Waals surface area contributed by atoms with Crippen molar-refractivity contribution < 1.29 is 9.47 Å². The van der Waals surface area contributed by atoms with Gasteiger partial charge in [0.25, 0.3) is 0 Å². The van der Waals surface area contributed by atoms with Gasteiger partial charge in [-0.05, 0) is 18.2 Å². The number of aromatic nitrogens is 1. The van der Waals surface area contributed by atoms with Gasteiger partial charge >= 0.3 is 0 Å². The van der Waals surface area contributed by atoms with Crippen LogP contribution >= 0.6 is 0 Å². The Bertz CT molecular complexity index is 664. The molecule has 0 spiro atoms. The minimum atomic E-state index is 0.548. The van der Waals surface area contributed by atoms with Gasteiger partial charge in [-0.15, -0.1) is 0 Å². The molecule has 20 heavy (non-hydrogen) atoms. The Labute approximate surface area is 116 Å². The van der Waals surface area contributed by atoms with Gasteiger partial charge in [-0.3, -0.25) is 4.98 Å². The van der Waals surface area contributed by atoms with Gasteiger partial charge in [0.05, 0.1) is 30.7 Å². The Balaban J connectivity index is 1.88. The number of fused-ring (bicyclic) bond motifs is 1. The van der Waals surface area contributed by atoms with Crippen molar-refractivity contribution >= 4 is 11.4 Å². The molecule has 0 amide bonds. The van der Waals surface area contributed by atoms with E-state index < -0.39 is 0 Å². The summed E-state index contributed by atoms with van der Waals surface area (Å²) in [5.74, 6) is 1.47. The summed E-state index contributed by atoms with van der Waals surface area (Å²) < 4.78 is 11.2. The predicted molar refractivity (Wildman–Crippen MR) is 74.3 cm³/mol. The van der Waals surface area contributed by atoms with Crippen molar-refractivity contribution in [3.05, 3.63) is 42.2 Å². The Morgan fingerprint density at radius 3 is 2.85 bits per heavy atom. The fourth-order valence-corrected chi connectivity index (χ4v) is 1.99. The van der Waals surface area contributed by atoms with Crippen molar-refractivity contribution in [1.29, 1.82) is 5.26 Å². The minimum Gasteiger partial charge on any atom is -0.490 e. The fourth-order valence-electron chi connectivity index (χ4n) is 1.99. The number of hydrogen-bond acceptors (Lipinski definition) is 5. The third-order valence-electron chi connectivity index (χ3n) is 2.97. The second-order valence-corrected chi connectivity index (χ2v) is 4.37. The van der Waals surface area contributed by atoms with Crippen LogP contribution in [0, 0.1) is 11.3 Å². The smallest absolute Gasteiger partial charge is 0.163 e. The van der Waals surface area contributed by atoms with Gasteiger partial charge in [0.15, 0.2) is 11.5 Å². The highest BCUT2D eigenvalue weighted by Gasteiger charge is 2.11. The minimum absolute atomic E-state index is 0.548. The molecule has 5 nitrogen and oxygen atoms in total. The van der Waals surface area contributed by atoms with Crippen LogP contribution in [-0.4, -0.2) is 18.2 Å². The Morgan fingerprint density at radius 2 is 2.00 bits per heavy atom. The first-order valence-electron chi connectivity index (χ1n) is 6.37. The molecule has 100 valence electrons. The highest BCUT2D eigenvalue weighted by atomic mass is 16.5. The first kappa shape index (κ1) is 12.3. The molecule has 0 unspecified atom stereocenters. The second kappa shape index (κ2) is 5.49. The van der Waals surface area contributed by atoms with Gasteiger partial charge in [-0.1, -0.05) is 0 Å². The molecule has 3 rings (SSSR count). The van der Waals surface area contributed by atoms with E-state index in [9.17, 15) is 0 Å². The topological polar surface area (TPSA) is 67.2 Å². The van der Waals surface area contributed by atoms with E-state index >= 15 is 0 Å². The quantitative estimate of drug-likeness (QED) is 0.906. The molecule has 1 N–H and O–H groups in total. The van der Waals surface area contributed by atoms with E-state index in [4.69, 9.17) is 14.7 Å². The molecular formula is C15H13N3O2. The largest absolute Gasteiger partial charge is 0.490 e. The number of nitriles is 1. The zero-order valence-electron chi connectivity index (χ0n) is 10.8. The number of pyridine rings is 1. The maximum absolute atomic E-state index is 9.06. The molecule has 2 aromatic rings. The van der Waals surface area contributed by atoms with Crippen LogP contribution in [0.25, 0.3) is 0 Å². The molecule has 1 aliphatic heterocycles. The van der Waals surface area contributed by atoms with Gasteiger partial charge in [-0.25, -0.2) is 0 Å². The number of ether oxygens (including phenoxy) is 2. The molecule has 0 bridgehead atoms. The van der Waals surface area contributed by atoms with E-state index in [1.807, 2.05) is 18.2 Å². The van der Waals surface area contributed by atoms with Crippen molar-refractivity contribution in [2.45, 2.75) is 6.42 Å². The number of benzene rings is 1. The van der Waals surface area contributed by atoms with Crippen molar-refractivity contribution in [3.8, 4) is 17.6 Å². The fraction of sp³-hybridized carbons (Fsp3) is 0.200. The van der Waals surface area contributed by atoms with Crippen LogP contribution in [0.4, 0.5) is 11.4 Å². The maximum atomic E-state index is 9.06. The third kappa shape index (κ3) is 2.50. The van der Waals surface area contributed by atoms with Gasteiger partial charge in [0.2, 0.25) is 0 Å². The molecule has 0 aliphatic carbocycles. The van der Waals surface area contributed by atoms with Crippen molar-refractivity contribution in [2.24, 2.45) is 0 Å². The predicted octanol–water partition coefficient (Wildman–Crippen LogP) is 2.86.